The second-order valence-corrected chi connectivity index (χ2v) is 9.52. The van der Waals surface area contributed by atoms with Crippen LogP contribution in [-0.2, 0) is 11.2 Å². The predicted molar refractivity (Wildman–Crippen MR) is 136 cm³/mol. The number of carboxylic acids is 1. The van der Waals surface area contributed by atoms with Crippen molar-refractivity contribution in [2.24, 2.45) is 5.92 Å². The van der Waals surface area contributed by atoms with Crippen LogP contribution in [0.1, 0.15) is 42.4 Å². The average Bonchev–Trinajstić information content (AvgIpc) is 3.52. The summed E-state index contributed by atoms with van der Waals surface area (Å²) in [6.45, 7) is 5.40. The zero-order valence-corrected chi connectivity index (χ0v) is 20.9. The number of hydrogen-bond donors (Lipinski definition) is 1. The van der Waals surface area contributed by atoms with Gasteiger partial charge in [0.1, 0.15) is 11.6 Å². The molecular weight excluding hydrogens is 458 g/mol. The Kier molecular flexibility index (Phi) is 6.67. The Morgan fingerprint density at radius 3 is 2.89 bits per heavy atom. The summed E-state index contributed by atoms with van der Waals surface area (Å²) in [4.78, 5) is 22.9. The van der Waals surface area contributed by atoms with Crippen molar-refractivity contribution in [1.82, 2.24) is 9.97 Å². The van der Waals surface area contributed by atoms with Crippen LogP contribution in [-0.4, -0.2) is 48.0 Å². The van der Waals surface area contributed by atoms with Crippen LogP contribution >= 0.6 is 0 Å². The maximum Gasteiger partial charge on any atom is 0.306 e. The summed E-state index contributed by atoms with van der Waals surface area (Å²) < 4.78 is 16.9. The van der Waals surface area contributed by atoms with E-state index in [-0.39, 0.29) is 18.6 Å². The van der Waals surface area contributed by atoms with E-state index in [9.17, 15) is 9.90 Å². The second kappa shape index (κ2) is 10.0. The Hall–Kier alpha value is -3.81. The first kappa shape index (κ1) is 23.9. The van der Waals surface area contributed by atoms with Crippen molar-refractivity contribution in [3.05, 3.63) is 59.3 Å². The summed E-state index contributed by atoms with van der Waals surface area (Å²) in [7, 11) is 2.03. The average molecular weight is 490 g/mol. The maximum absolute atomic E-state index is 11.4. The molecule has 8 heteroatoms. The number of hydrogen-bond acceptors (Lipinski definition) is 7. The lowest BCUT2D eigenvalue weighted by atomic mass is 9.89. The molecule has 2 aromatic carbocycles. The van der Waals surface area contributed by atoms with E-state index >= 15 is 0 Å². The number of aliphatic carboxylic acids is 1. The van der Waals surface area contributed by atoms with Gasteiger partial charge in [-0.15, -0.1) is 0 Å². The lowest BCUT2D eigenvalue weighted by Crippen LogP contribution is -2.22. The van der Waals surface area contributed by atoms with Gasteiger partial charge in [0, 0.05) is 30.9 Å². The summed E-state index contributed by atoms with van der Waals surface area (Å²) in [5, 5.41) is 9.37. The molecule has 2 atom stereocenters. The van der Waals surface area contributed by atoms with Gasteiger partial charge in [0.15, 0.2) is 17.3 Å². The maximum atomic E-state index is 11.4. The molecule has 8 nitrogen and oxygen atoms in total. The number of benzene rings is 2. The van der Waals surface area contributed by atoms with Crippen LogP contribution in [0.25, 0.3) is 11.4 Å². The van der Waals surface area contributed by atoms with Gasteiger partial charge in [0.2, 0.25) is 6.79 Å². The Morgan fingerprint density at radius 1 is 1.22 bits per heavy atom. The summed E-state index contributed by atoms with van der Waals surface area (Å²) in [6, 6.07) is 11.8. The number of nitrogens with zero attached hydrogens (tertiary/aromatic N) is 3. The molecule has 1 aliphatic carbocycles. The second-order valence-electron chi connectivity index (χ2n) is 9.52. The molecule has 188 valence electrons. The Labute approximate surface area is 210 Å². The van der Waals surface area contributed by atoms with E-state index < -0.39 is 5.97 Å². The molecule has 1 aromatic heterocycles. The first-order valence-electron chi connectivity index (χ1n) is 12.3. The molecule has 36 heavy (non-hydrogen) atoms. The van der Waals surface area contributed by atoms with E-state index in [2.05, 4.69) is 16.0 Å². The zero-order chi connectivity index (χ0) is 25.2. The van der Waals surface area contributed by atoms with Crippen LogP contribution < -0.4 is 19.1 Å². The van der Waals surface area contributed by atoms with Gasteiger partial charge in [-0.2, -0.15) is 0 Å². The molecule has 2 heterocycles. The molecule has 3 aromatic rings. The lowest BCUT2D eigenvalue weighted by molar-refractivity contribution is -0.141. The molecule has 0 amide bonds. The minimum atomic E-state index is -0.737. The van der Waals surface area contributed by atoms with Crippen LogP contribution in [0.3, 0.4) is 0 Å². The molecule has 1 aliphatic heterocycles. The number of fused-ring (bicyclic) bond motifs is 2. The van der Waals surface area contributed by atoms with Crippen molar-refractivity contribution in [2.45, 2.75) is 39.0 Å². The van der Waals surface area contributed by atoms with E-state index in [0.717, 1.165) is 59.8 Å². The van der Waals surface area contributed by atoms with Crippen LogP contribution in [0.5, 0.6) is 17.2 Å². The van der Waals surface area contributed by atoms with Crippen molar-refractivity contribution >= 4 is 11.8 Å². The van der Waals surface area contributed by atoms with Gasteiger partial charge in [-0.25, -0.2) is 9.97 Å². The van der Waals surface area contributed by atoms with Gasteiger partial charge in [0.05, 0.1) is 12.5 Å². The van der Waals surface area contributed by atoms with E-state index in [1.54, 1.807) is 6.92 Å². The highest BCUT2D eigenvalue weighted by Gasteiger charge is 2.31. The first-order valence-corrected chi connectivity index (χ1v) is 12.3. The predicted octanol–water partition coefficient (Wildman–Crippen LogP) is 4.84. The number of rotatable bonds is 9. The van der Waals surface area contributed by atoms with Crippen LogP contribution in [0, 0.1) is 12.8 Å². The largest absolute Gasteiger partial charge is 0.494 e. The quantitative estimate of drug-likeness (QED) is 0.427. The van der Waals surface area contributed by atoms with Crippen LogP contribution in [0.2, 0.25) is 0 Å². The van der Waals surface area contributed by atoms with Gasteiger partial charge >= 0.3 is 5.97 Å². The molecule has 0 saturated heterocycles. The number of anilines is 1. The SMILES string of the molecule is Cc1cnc(-c2ccc3c(c2)OCO3)nc1N(C)CCCOc1ccc2c(c1)CC[C@H]2[C@H](C)C(=O)O. The number of aromatic nitrogens is 2. The van der Waals surface area contributed by atoms with Crippen molar-refractivity contribution in [1.29, 1.82) is 0 Å². The molecule has 2 aliphatic rings. The Bertz CT molecular complexity index is 1280. The number of carbonyl (C=O) groups is 1. The third kappa shape index (κ3) is 4.80. The minimum absolute atomic E-state index is 0.0823. The normalized spacial score (nSPS) is 16.5. The van der Waals surface area contributed by atoms with Gasteiger partial charge < -0.3 is 24.2 Å². The standard InChI is InChI=1S/C28H31N3O5/c1-17-15-29-26(20-6-10-24-25(14-20)36-16-35-24)30-27(17)31(3)11-4-12-34-21-7-9-23-19(13-21)5-8-22(23)18(2)28(32)33/h6-7,9-10,13-15,18,22H,4-5,8,11-12,16H2,1-3H3,(H,32,33)/t18-,22-/m0/s1. The number of carboxylic acid groups (broad SMARTS) is 1. The Balaban J connectivity index is 1.17. The molecule has 0 saturated carbocycles. The van der Waals surface area contributed by atoms with Gasteiger partial charge in [-0.05, 0) is 73.6 Å². The van der Waals surface area contributed by atoms with E-state index in [4.69, 9.17) is 19.2 Å². The van der Waals surface area contributed by atoms with Gasteiger partial charge in [-0.1, -0.05) is 13.0 Å². The summed E-state index contributed by atoms with van der Waals surface area (Å²) >= 11 is 0. The molecule has 0 radical (unpaired) electrons. The fraction of sp³-hybridized carbons (Fsp3) is 0.393. The highest BCUT2D eigenvalue weighted by molar-refractivity contribution is 5.71. The Morgan fingerprint density at radius 2 is 2.06 bits per heavy atom. The molecular formula is C28H31N3O5. The van der Waals surface area contributed by atoms with Gasteiger partial charge in [-0.3, -0.25) is 4.79 Å². The lowest BCUT2D eigenvalue weighted by Gasteiger charge is -2.21. The molecule has 0 bridgehead atoms. The van der Waals surface area contributed by atoms with Crippen LogP contribution in [0.15, 0.2) is 42.6 Å². The molecule has 1 N–H and O–H groups in total. The highest BCUT2D eigenvalue weighted by Crippen LogP contribution is 2.40. The fourth-order valence-electron chi connectivity index (χ4n) is 5.00. The smallest absolute Gasteiger partial charge is 0.306 e. The molecule has 0 unspecified atom stereocenters. The van der Waals surface area contributed by atoms with Gasteiger partial charge in [0.25, 0.3) is 0 Å². The summed E-state index contributed by atoms with van der Waals surface area (Å²) in [5.74, 6) is 2.79. The summed E-state index contributed by atoms with van der Waals surface area (Å²) in [6.07, 6.45) is 4.45. The van der Waals surface area contributed by atoms with Crippen molar-refractivity contribution < 1.29 is 24.1 Å². The molecule has 0 spiro atoms. The monoisotopic (exact) mass is 489 g/mol. The van der Waals surface area contributed by atoms with Crippen molar-refractivity contribution in [3.63, 3.8) is 0 Å². The third-order valence-corrected chi connectivity index (χ3v) is 7.08. The fourth-order valence-corrected chi connectivity index (χ4v) is 5.00. The topological polar surface area (TPSA) is 94.0 Å². The van der Waals surface area contributed by atoms with E-state index in [1.165, 1.54) is 5.56 Å². The van der Waals surface area contributed by atoms with E-state index in [0.29, 0.717) is 18.2 Å². The third-order valence-electron chi connectivity index (χ3n) is 7.08. The first-order chi connectivity index (χ1) is 17.4. The van der Waals surface area contributed by atoms with Crippen molar-refractivity contribution in [3.8, 4) is 28.6 Å². The number of ether oxygens (including phenoxy) is 3. The molecule has 5 rings (SSSR count). The minimum Gasteiger partial charge on any atom is -0.494 e. The van der Waals surface area contributed by atoms with Crippen molar-refractivity contribution in [2.75, 3.05) is 31.9 Å². The van der Waals surface area contributed by atoms with E-state index in [1.807, 2.05) is 50.5 Å². The zero-order valence-electron chi connectivity index (χ0n) is 20.9. The molecule has 0 fully saturated rings. The highest BCUT2D eigenvalue weighted by atomic mass is 16.7. The number of aryl methyl sites for hydroxylation is 2. The summed E-state index contributed by atoms with van der Waals surface area (Å²) in [5.41, 5.74) is 4.24. The van der Waals surface area contributed by atoms with Crippen LogP contribution in [0.4, 0.5) is 5.82 Å².